The fourth-order valence-corrected chi connectivity index (χ4v) is 2.22. The van der Waals surface area contributed by atoms with Crippen molar-refractivity contribution in [1.29, 1.82) is 0 Å². The molecule has 0 radical (unpaired) electrons. The van der Waals surface area contributed by atoms with E-state index in [4.69, 9.17) is 14.6 Å². The lowest BCUT2D eigenvalue weighted by Gasteiger charge is -2.30. The van der Waals surface area contributed by atoms with Gasteiger partial charge in [-0.2, -0.15) is 0 Å². The van der Waals surface area contributed by atoms with Crippen LogP contribution in [-0.4, -0.2) is 75.0 Å². The van der Waals surface area contributed by atoms with E-state index in [0.29, 0.717) is 39.1 Å². The zero-order valence-corrected chi connectivity index (χ0v) is 12.1. The van der Waals surface area contributed by atoms with Crippen molar-refractivity contribution in [3.05, 3.63) is 0 Å². The molecule has 0 aromatic rings. The highest BCUT2D eigenvalue weighted by Gasteiger charge is 2.26. The molecule has 1 aliphatic rings. The van der Waals surface area contributed by atoms with E-state index in [0.717, 1.165) is 0 Å². The predicted octanol–water partition coefficient (Wildman–Crippen LogP) is -0.439. The minimum Gasteiger partial charge on any atom is -0.481 e. The van der Waals surface area contributed by atoms with Crippen molar-refractivity contribution in [2.75, 3.05) is 47.0 Å². The number of nitrogens with one attached hydrogen (secondary N) is 1. The maximum absolute atomic E-state index is 11.9. The molecule has 0 saturated carbocycles. The van der Waals surface area contributed by atoms with Crippen LogP contribution in [0.25, 0.3) is 0 Å². The minimum absolute atomic E-state index is 0.00103. The largest absolute Gasteiger partial charge is 0.481 e. The third-order valence-electron chi connectivity index (χ3n) is 3.53. The Labute approximate surface area is 119 Å². The van der Waals surface area contributed by atoms with E-state index in [1.807, 2.05) is 0 Å². The molecule has 0 bridgehead atoms. The molecule has 1 unspecified atom stereocenters. The number of methoxy groups -OCH3 is 2. The van der Waals surface area contributed by atoms with Gasteiger partial charge in [-0.1, -0.05) is 0 Å². The van der Waals surface area contributed by atoms with E-state index in [2.05, 4.69) is 5.32 Å². The summed E-state index contributed by atoms with van der Waals surface area (Å²) in [6.07, 6.45) is 0.988. The van der Waals surface area contributed by atoms with Gasteiger partial charge in [-0.15, -0.1) is 0 Å². The first-order valence-corrected chi connectivity index (χ1v) is 6.81. The Bertz CT molecular complexity index is 316. The number of likely N-dealkylation sites (tertiary alicyclic amines) is 1. The summed E-state index contributed by atoms with van der Waals surface area (Å²) in [6.45, 7) is 2.29. The van der Waals surface area contributed by atoms with Gasteiger partial charge in [-0.25, -0.2) is 0 Å². The monoisotopic (exact) mass is 288 g/mol. The molecule has 1 saturated heterocycles. The highest BCUT2D eigenvalue weighted by atomic mass is 16.5. The Kier molecular flexibility index (Phi) is 7.50. The van der Waals surface area contributed by atoms with Gasteiger partial charge in [0.05, 0.1) is 25.2 Å². The number of carboxylic acid groups (broad SMARTS) is 1. The summed E-state index contributed by atoms with van der Waals surface area (Å²) in [5, 5.41) is 11.9. The summed E-state index contributed by atoms with van der Waals surface area (Å²) >= 11 is 0. The van der Waals surface area contributed by atoms with E-state index in [-0.39, 0.29) is 24.5 Å². The molecule has 1 aliphatic heterocycles. The SMILES string of the molecule is COCC(CNCC(=O)N1CCC(C(=O)O)CC1)OC. The number of nitrogens with zero attached hydrogens (tertiary/aromatic N) is 1. The lowest BCUT2D eigenvalue weighted by Crippen LogP contribution is -2.45. The molecule has 0 aromatic carbocycles. The summed E-state index contributed by atoms with van der Waals surface area (Å²) in [5.41, 5.74) is 0. The molecule has 7 nitrogen and oxygen atoms in total. The van der Waals surface area contributed by atoms with Gasteiger partial charge in [0, 0.05) is 33.9 Å². The van der Waals surface area contributed by atoms with Gasteiger partial charge >= 0.3 is 5.97 Å². The number of amides is 1. The second-order valence-electron chi connectivity index (χ2n) is 4.94. The molecule has 20 heavy (non-hydrogen) atoms. The summed E-state index contributed by atoms with van der Waals surface area (Å²) in [6, 6.07) is 0. The fraction of sp³-hybridized carbons (Fsp3) is 0.846. The normalized spacial score (nSPS) is 18.0. The van der Waals surface area contributed by atoms with Crippen molar-refractivity contribution in [3.8, 4) is 0 Å². The highest BCUT2D eigenvalue weighted by molar-refractivity contribution is 5.78. The lowest BCUT2D eigenvalue weighted by atomic mass is 9.97. The fourth-order valence-electron chi connectivity index (χ4n) is 2.22. The number of piperidine rings is 1. The summed E-state index contributed by atoms with van der Waals surface area (Å²) in [5.74, 6) is -1.08. The Morgan fingerprint density at radius 1 is 1.35 bits per heavy atom. The van der Waals surface area contributed by atoms with Gasteiger partial charge in [0.1, 0.15) is 0 Å². The molecular formula is C13H24N2O5. The third kappa shape index (κ3) is 5.44. The number of aliphatic carboxylic acids is 1. The number of hydrogen-bond acceptors (Lipinski definition) is 5. The number of rotatable bonds is 8. The van der Waals surface area contributed by atoms with Crippen molar-refractivity contribution < 1.29 is 24.2 Å². The first kappa shape index (κ1) is 16.9. The molecule has 116 valence electrons. The van der Waals surface area contributed by atoms with Crippen molar-refractivity contribution in [1.82, 2.24) is 10.2 Å². The number of carboxylic acids is 1. The molecule has 1 rings (SSSR count). The average Bonchev–Trinajstić information content (AvgIpc) is 2.46. The van der Waals surface area contributed by atoms with Crippen LogP contribution in [-0.2, 0) is 19.1 Å². The summed E-state index contributed by atoms with van der Waals surface area (Å²) < 4.78 is 10.2. The van der Waals surface area contributed by atoms with E-state index in [1.54, 1.807) is 19.1 Å². The van der Waals surface area contributed by atoms with Gasteiger partial charge in [-0.05, 0) is 12.8 Å². The minimum atomic E-state index is -0.766. The van der Waals surface area contributed by atoms with E-state index < -0.39 is 5.97 Å². The van der Waals surface area contributed by atoms with Crippen LogP contribution < -0.4 is 5.32 Å². The van der Waals surface area contributed by atoms with Crippen LogP contribution >= 0.6 is 0 Å². The van der Waals surface area contributed by atoms with E-state index in [9.17, 15) is 9.59 Å². The van der Waals surface area contributed by atoms with Crippen LogP contribution in [0.4, 0.5) is 0 Å². The zero-order valence-electron chi connectivity index (χ0n) is 12.1. The second kappa shape index (κ2) is 8.89. The number of ether oxygens (including phenoxy) is 2. The smallest absolute Gasteiger partial charge is 0.306 e. The molecule has 0 aliphatic carbocycles. The molecule has 7 heteroatoms. The quantitative estimate of drug-likeness (QED) is 0.629. The Morgan fingerprint density at radius 3 is 2.50 bits per heavy atom. The van der Waals surface area contributed by atoms with Crippen LogP contribution in [0.5, 0.6) is 0 Å². The molecule has 1 atom stereocenters. The number of carbonyl (C=O) groups excluding carboxylic acids is 1. The van der Waals surface area contributed by atoms with Gasteiger partial charge in [0.25, 0.3) is 0 Å². The number of carbonyl (C=O) groups is 2. The Morgan fingerprint density at radius 2 is 2.00 bits per heavy atom. The first-order chi connectivity index (χ1) is 9.58. The lowest BCUT2D eigenvalue weighted by molar-refractivity contribution is -0.145. The predicted molar refractivity (Wildman–Crippen MR) is 72.5 cm³/mol. The van der Waals surface area contributed by atoms with Crippen LogP contribution in [0.15, 0.2) is 0 Å². The van der Waals surface area contributed by atoms with Crippen LogP contribution in [0, 0.1) is 5.92 Å². The van der Waals surface area contributed by atoms with Crippen molar-refractivity contribution >= 4 is 11.9 Å². The van der Waals surface area contributed by atoms with Crippen LogP contribution in [0.3, 0.4) is 0 Å². The maximum Gasteiger partial charge on any atom is 0.306 e. The van der Waals surface area contributed by atoms with Crippen LogP contribution in [0.1, 0.15) is 12.8 Å². The average molecular weight is 288 g/mol. The first-order valence-electron chi connectivity index (χ1n) is 6.81. The topological polar surface area (TPSA) is 88.1 Å². The molecule has 0 aromatic heterocycles. The maximum atomic E-state index is 11.9. The zero-order chi connectivity index (χ0) is 15.0. The van der Waals surface area contributed by atoms with Gasteiger partial charge < -0.3 is 24.8 Å². The van der Waals surface area contributed by atoms with Gasteiger partial charge in [-0.3, -0.25) is 9.59 Å². The van der Waals surface area contributed by atoms with Crippen LogP contribution in [0.2, 0.25) is 0 Å². The van der Waals surface area contributed by atoms with Crippen molar-refractivity contribution in [2.24, 2.45) is 5.92 Å². The standard InChI is InChI=1S/C13H24N2O5/c1-19-9-11(20-2)7-14-8-12(16)15-5-3-10(4-6-15)13(17)18/h10-11,14H,3-9H2,1-2H3,(H,17,18). The van der Waals surface area contributed by atoms with E-state index >= 15 is 0 Å². The summed E-state index contributed by atoms with van der Waals surface area (Å²) in [7, 11) is 3.20. The molecule has 2 N–H and O–H groups in total. The number of hydrogen-bond donors (Lipinski definition) is 2. The molecular weight excluding hydrogens is 264 g/mol. The van der Waals surface area contributed by atoms with E-state index in [1.165, 1.54) is 0 Å². The van der Waals surface area contributed by atoms with Gasteiger partial charge in [0.2, 0.25) is 5.91 Å². The summed E-state index contributed by atoms with van der Waals surface area (Å²) in [4.78, 5) is 24.5. The van der Waals surface area contributed by atoms with Crippen molar-refractivity contribution in [2.45, 2.75) is 18.9 Å². The molecule has 1 amide bonds. The molecule has 0 spiro atoms. The Balaban J connectivity index is 2.22. The third-order valence-corrected chi connectivity index (χ3v) is 3.53. The molecule has 1 fully saturated rings. The highest BCUT2D eigenvalue weighted by Crippen LogP contribution is 2.16. The second-order valence-corrected chi connectivity index (χ2v) is 4.94. The molecule has 1 heterocycles. The van der Waals surface area contributed by atoms with Gasteiger partial charge in [0.15, 0.2) is 0 Å². The van der Waals surface area contributed by atoms with Crippen molar-refractivity contribution in [3.63, 3.8) is 0 Å². The Hall–Kier alpha value is -1.18.